The molecule has 0 radical (unpaired) electrons. The summed E-state index contributed by atoms with van der Waals surface area (Å²) in [5.41, 5.74) is 4.02. The molecule has 0 amide bonds. The van der Waals surface area contributed by atoms with Crippen LogP contribution in [0.5, 0.6) is 0 Å². The smallest absolute Gasteiger partial charge is 0.138 e. The van der Waals surface area contributed by atoms with Gasteiger partial charge in [0.2, 0.25) is 0 Å². The predicted octanol–water partition coefficient (Wildman–Crippen LogP) is 2.73. The van der Waals surface area contributed by atoms with E-state index in [0.29, 0.717) is 6.54 Å². The summed E-state index contributed by atoms with van der Waals surface area (Å²) in [7, 11) is 0. The molecule has 0 fully saturated rings. The minimum Gasteiger partial charge on any atom is -0.384 e. The predicted molar refractivity (Wildman–Crippen MR) is 71.7 cm³/mol. The van der Waals surface area contributed by atoms with Gasteiger partial charge >= 0.3 is 0 Å². The Morgan fingerprint density at radius 3 is 2.50 bits per heavy atom. The fourth-order valence-corrected chi connectivity index (χ4v) is 1.78. The van der Waals surface area contributed by atoms with Crippen molar-refractivity contribution in [1.82, 2.24) is 10.1 Å². The molecule has 2 aromatic heterocycles. The monoisotopic (exact) mass is 246 g/mol. The van der Waals surface area contributed by atoms with Crippen LogP contribution in [0.4, 0.5) is 11.4 Å². The van der Waals surface area contributed by atoms with Crippen LogP contribution in [0.3, 0.4) is 0 Å². The Kier molecular flexibility index (Phi) is 3.82. The van der Waals surface area contributed by atoms with Gasteiger partial charge in [0, 0.05) is 18.7 Å². The Balaban J connectivity index is 2.04. The average molecular weight is 246 g/mol. The Morgan fingerprint density at radius 2 is 1.89 bits per heavy atom. The summed E-state index contributed by atoms with van der Waals surface area (Å²) in [4.78, 5) is 4.18. The maximum absolute atomic E-state index is 5.13. The number of pyridine rings is 1. The van der Waals surface area contributed by atoms with Crippen molar-refractivity contribution in [2.45, 2.75) is 27.3 Å². The van der Waals surface area contributed by atoms with E-state index in [1.807, 2.05) is 26.1 Å². The van der Waals surface area contributed by atoms with Gasteiger partial charge in [-0.15, -0.1) is 0 Å². The molecule has 0 aliphatic carbocycles. The van der Waals surface area contributed by atoms with Crippen LogP contribution in [-0.4, -0.2) is 16.7 Å². The van der Waals surface area contributed by atoms with Crippen LogP contribution in [0.25, 0.3) is 0 Å². The highest BCUT2D eigenvalue weighted by atomic mass is 16.5. The van der Waals surface area contributed by atoms with Crippen molar-refractivity contribution in [3.05, 3.63) is 35.5 Å². The molecule has 0 spiro atoms. The average Bonchev–Trinajstić information content (AvgIpc) is 2.68. The number of rotatable bonds is 5. The molecule has 0 aromatic carbocycles. The summed E-state index contributed by atoms with van der Waals surface area (Å²) in [6.45, 7) is 7.50. The zero-order chi connectivity index (χ0) is 13.0. The van der Waals surface area contributed by atoms with E-state index >= 15 is 0 Å². The second-order valence-corrected chi connectivity index (χ2v) is 4.15. The molecular formula is C13H18N4O. The number of nitrogens with zero attached hydrogens (tertiary/aromatic N) is 2. The third-order valence-corrected chi connectivity index (χ3v) is 2.77. The SMILES string of the molecule is CCNc1cncc(NCc2c(C)noc2C)c1. The molecule has 5 heteroatoms. The molecular weight excluding hydrogens is 228 g/mol. The molecule has 0 saturated carbocycles. The van der Waals surface area contributed by atoms with Gasteiger partial charge in [0.05, 0.1) is 29.5 Å². The van der Waals surface area contributed by atoms with Crippen molar-refractivity contribution >= 4 is 11.4 Å². The van der Waals surface area contributed by atoms with Crippen LogP contribution in [-0.2, 0) is 6.54 Å². The highest BCUT2D eigenvalue weighted by Crippen LogP contribution is 2.17. The maximum atomic E-state index is 5.13. The Hall–Kier alpha value is -2.04. The highest BCUT2D eigenvalue weighted by molar-refractivity contribution is 5.54. The van der Waals surface area contributed by atoms with E-state index < -0.39 is 0 Å². The topological polar surface area (TPSA) is 63.0 Å². The second-order valence-electron chi connectivity index (χ2n) is 4.15. The van der Waals surface area contributed by atoms with E-state index in [0.717, 1.165) is 34.9 Å². The largest absolute Gasteiger partial charge is 0.384 e. The van der Waals surface area contributed by atoms with Crippen LogP contribution in [0.1, 0.15) is 23.9 Å². The number of nitrogens with one attached hydrogen (secondary N) is 2. The number of aromatic nitrogens is 2. The van der Waals surface area contributed by atoms with Crippen molar-refractivity contribution in [3.63, 3.8) is 0 Å². The van der Waals surface area contributed by atoms with Crippen molar-refractivity contribution in [2.24, 2.45) is 0 Å². The van der Waals surface area contributed by atoms with E-state index in [1.54, 1.807) is 6.20 Å². The quantitative estimate of drug-likeness (QED) is 0.849. The third-order valence-electron chi connectivity index (χ3n) is 2.77. The van der Waals surface area contributed by atoms with Gasteiger partial charge < -0.3 is 15.2 Å². The highest BCUT2D eigenvalue weighted by Gasteiger charge is 2.08. The molecule has 0 unspecified atom stereocenters. The van der Waals surface area contributed by atoms with Crippen molar-refractivity contribution in [1.29, 1.82) is 0 Å². The van der Waals surface area contributed by atoms with Gasteiger partial charge in [-0.05, 0) is 26.8 Å². The van der Waals surface area contributed by atoms with Gasteiger partial charge in [0.15, 0.2) is 0 Å². The van der Waals surface area contributed by atoms with Gasteiger partial charge in [0.25, 0.3) is 0 Å². The first kappa shape index (κ1) is 12.4. The first-order valence-corrected chi connectivity index (χ1v) is 6.05. The van der Waals surface area contributed by atoms with Crippen LogP contribution >= 0.6 is 0 Å². The summed E-state index contributed by atoms with van der Waals surface area (Å²) in [6, 6.07) is 2.04. The first-order chi connectivity index (χ1) is 8.70. The zero-order valence-electron chi connectivity index (χ0n) is 10.9. The third kappa shape index (κ3) is 2.80. The van der Waals surface area contributed by atoms with Gasteiger partial charge in [-0.3, -0.25) is 4.98 Å². The van der Waals surface area contributed by atoms with E-state index in [2.05, 4.69) is 27.7 Å². The Morgan fingerprint density at radius 1 is 1.17 bits per heavy atom. The van der Waals surface area contributed by atoms with Gasteiger partial charge in [-0.1, -0.05) is 5.16 Å². The van der Waals surface area contributed by atoms with Crippen molar-refractivity contribution in [3.8, 4) is 0 Å². The molecule has 2 rings (SSSR count). The molecule has 0 aliphatic rings. The van der Waals surface area contributed by atoms with Crippen molar-refractivity contribution in [2.75, 3.05) is 17.2 Å². The maximum Gasteiger partial charge on any atom is 0.138 e. The number of aryl methyl sites for hydroxylation is 2. The lowest BCUT2D eigenvalue weighted by molar-refractivity contribution is 0.392. The normalized spacial score (nSPS) is 10.4. The molecule has 0 atom stereocenters. The lowest BCUT2D eigenvalue weighted by Gasteiger charge is -2.08. The van der Waals surface area contributed by atoms with Crippen LogP contribution in [0.15, 0.2) is 23.0 Å². The Labute approximate surface area is 107 Å². The fraction of sp³-hybridized carbons (Fsp3) is 0.385. The lowest BCUT2D eigenvalue weighted by Crippen LogP contribution is -2.03. The van der Waals surface area contributed by atoms with Crippen molar-refractivity contribution < 1.29 is 4.52 Å². The standard InChI is InChI=1S/C13H18N4O/c1-4-15-11-5-12(7-14-6-11)16-8-13-9(2)17-18-10(13)3/h5-7,15-16H,4,8H2,1-3H3. The molecule has 2 N–H and O–H groups in total. The number of hydrogen-bond donors (Lipinski definition) is 2. The summed E-state index contributed by atoms with van der Waals surface area (Å²) < 4.78 is 5.13. The van der Waals surface area contributed by atoms with Crippen LogP contribution in [0.2, 0.25) is 0 Å². The molecule has 5 nitrogen and oxygen atoms in total. The molecule has 0 saturated heterocycles. The van der Waals surface area contributed by atoms with Gasteiger partial charge in [0.1, 0.15) is 5.76 Å². The number of anilines is 2. The van der Waals surface area contributed by atoms with Gasteiger partial charge in [-0.2, -0.15) is 0 Å². The second kappa shape index (κ2) is 5.53. The summed E-state index contributed by atoms with van der Waals surface area (Å²) in [6.07, 6.45) is 3.61. The minimum absolute atomic E-state index is 0.693. The summed E-state index contributed by atoms with van der Waals surface area (Å²) >= 11 is 0. The first-order valence-electron chi connectivity index (χ1n) is 6.05. The van der Waals surface area contributed by atoms with E-state index in [1.165, 1.54) is 0 Å². The summed E-state index contributed by atoms with van der Waals surface area (Å²) in [5, 5.41) is 10.5. The van der Waals surface area contributed by atoms with E-state index in [4.69, 9.17) is 4.52 Å². The Bertz CT molecular complexity index is 502. The van der Waals surface area contributed by atoms with Crippen LogP contribution < -0.4 is 10.6 Å². The molecule has 96 valence electrons. The molecule has 18 heavy (non-hydrogen) atoms. The lowest BCUT2D eigenvalue weighted by atomic mass is 10.2. The molecule has 0 aliphatic heterocycles. The minimum atomic E-state index is 0.693. The summed E-state index contributed by atoms with van der Waals surface area (Å²) in [5.74, 6) is 0.857. The van der Waals surface area contributed by atoms with Crippen LogP contribution in [0, 0.1) is 13.8 Å². The van der Waals surface area contributed by atoms with E-state index in [-0.39, 0.29) is 0 Å². The number of hydrogen-bond acceptors (Lipinski definition) is 5. The fourth-order valence-electron chi connectivity index (χ4n) is 1.78. The zero-order valence-corrected chi connectivity index (χ0v) is 10.9. The van der Waals surface area contributed by atoms with Gasteiger partial charge in [-0.25, -0.2) is 0 Å². The molecule has 2 heterocycles. The van der Waals surface area contributed by atoms with E-state index in [9.17, 15) is 0 Å². The molecule has 2 aromatic rings. The molecule has 0 bridgehead atoms.